The first-order valence-electron chi connectivity index (χ1n) is 4.18. The molecule has 0 amide bonds. The molecule has 1 rings (SSSR count). The number of non-ortho nitro benzene ring substituents is 1. The molecule has 1 aromatic carbocycles. The van der Waals surface area contributed by atoms with Crippen molar-refractivity contribution in [3.63, 3.8) is 0 Å². The third-order valence-corrected chi connectivity index (χ3v) is 1.84. The fraction of sp³-hybridized carbons (Fsp3) is 0.333. The van der Waals surface area contributed by atoms with Gasteiger partial charge in [0.2, 0.25) is 0 Å². The summed E-state index contributed by atoms with van der Waals surface area (Å²) in [4.78, 5) is 9.67. The average molecular weight is 219 g/mol. The Bertz CT molecular complexity index is 345. The molecule has 0 N–H and O–H groups in total. The normalized spacial score (nSPS) is 11.4. The standard InChI is InChI=1S/C9H8F3NO2/c10-9(11,12)6-5-7-1-3-8(4-2-7)13(14)15/h1-4H,5-6H2. The predicted molar refractivity (Wildman–Crippen MR) is 47.5 cm³/mol. The number of nitrogens with zero attached hydrogens (tertiary/aromatic N) is 1. The Balaban J connectivity index is 2.61. The van der Waals surface area contributed by atoms with E-state index in [1.165, 1.54) is 24.3 Å². The molecule has 82 valence electrons. The van der Waals surface area contributed by atoms with E-state index in [0.29, 0.717) is 5.56 Å². The number of aryl methyl sites for hydroxylation is 1. The van der Waals surface area contributed by atoms with Crippen LogP contribution < -0.4 is 0 Å². The molecule has 1 aromatic rings. The first-order chi connectivity index (χ1) is 6.88. The number of nitro groups is 1. The molecule has 0 fully saturated rings. The Labute approximate surface area is 83.7 Å². The van der Waals surface area contributed by atoms with Gasteiger partial charge in [-0.1, -0.05) is 12.1 Å². The van der Waals surface area contributed by atoms with E-state index in [2.05, 4.69) is 0 Å². The zero-order chi connectivity index (χ0) is 11.5. The van der Waals surface area contributed by atoms with Gasteiger partial charge < -0.3 is 0 Å². The first kappa shape index (κ1) is 11.5. The van der Waals surface area contributed by atoms with Crippen molar-refractivity contribution in [3.05, 3.63) is 39.9 Å². The van der Waals surface area contributed by atoms with E-state index in [9.17, 15) is 23.3 Å². The van der Waals surface area contributed by atoms with Gasteiger partial charge in [0.1, 0.15) is 0 Å². The van der Waals surface area contributed by atoms with Crippen LogP contribution in [0.15, 0.2) is 24.3 Å². The largest absolute Gasteiger partial charge is 0.389 e. The summed E-state index contributed by atoms with van der Waals surface area (Å²) in [5.74, 6) is 0. The number of nitro benzene ring substituents is 1. The second-order valence-corrected chi connectivity index (χ2v) is 3.04. The Morgan fingerprint density at radius 1 is 1.20 bits per heavy atom. The third kappa shape index (κ3) is 3.97. The molecule has 0 saturated heterocycles. The molecule has 0 bridgehead atoms. The van der Waals surface area contributed by atoms with Crippen LogP contribution in [0.1, 0.15) is 12.0 Å². The number of hydrogen-bond acceptors (Lipinski definition) is 2. The lowest BCUT2D eigenvalue weighted by atomic mass is 10.1. The lowest BCUT2D eigenvalue weighted by molar-refractivity contribution is -0.384. The van der Waals surface area contributed by atoms with Crippen molar-refractivity contribution in [3.8, 4) is 0 Å². The highest BCUT2D eigenvalue weighted by Gasteiger charge is 2.26. The van der Waals surface area contributed by atoms with Crippen molar-refractivity contribution in [2.75, 3.05) is 0 Å². The van der Waals surface area contributed by atoms with Gasteiger partial charge in [0.25, 0.3) is 5.69 Å². The summed E-state index contributed by atoms with van der Waals surface area (Å²) in [6, 6.07) is 5.07. The predicted octanol–water partition coefficient (Wildman–Crippen LogP) is 3.09. The van der Waals surface area contributed by atoms with Crippen molar-refractivity contribution in [1.29, 1.82) is 0 Å². The molecule has 0 spiro atoms. The van der Waals surface area contributed by atoms with Crippen LogP contribution in [0.4, 0.5) is 18.9 Å². The summed E-state index contributed by atoms with van der Waals surface area (Å²) >= 11 is 0. The van der Waals surface area contributed by atoms with Gasteiger partial charge in [0, 0.05) is 18.6 Å². The molecule has 0 aliphatic heterocycles. The Morgan fingerprint density at radius 2 is 1.73 bits per heavy atom. The Hall–Kier alpha value is -1.59. The van der Waals surface area contributed by atoms with Crippen LogP contribution in [0.5, 0.6) is 0 Å². The summed E-state index contributed by atoms with van der Waals surface area (Å²) < 4.78 is 35.5. The molecule has 0 aliphatic carbocycles. The van der Waals surface area contributed by atoms with Gasteiger partial charge in [-0.05, 0) is 12.0 Å². The van der Waals surface area contributed by atoms with Crippen LogP contribution in [-0.2, 0) is 6.42 Å². The highest BCUT2D eigenvalue weighted by atomic mass is 19.4. The van der Waals surface area contributed by atoms with Crippen molar-refractivity contribution >= 4 is 5.69 Å². The fourth-order valence-electron chi connectivity index (χ4n) is 1.07. The maximum Gasteiger partial charge on any atom is 0.389 e. The monoisotopic (exact) mass is 219 g/mol. The summed E-state index contributed by atoms with van der Waals surface area (Å²) in [6.45, 7) is 0. The second kappa shape index (κ2) is 4.29. The maximum atomic E-state index is 11.8. The third-order valence-electron chi connectivity index (χ3n) is 1.84. The summed E-state index contributed by atoms with van der Waals surface area (Å²) in [6.07, 6.45) is -5.26. The van der Waals surface area contributed by atoms with Gasteiger partial charge in [-0.3, -0.25) is 10.1 Å². The van der Waals surface area contributed by atoms with Crippen LogP contribution in [0.3, 0.4) is 0 Å². The van der Waals surface area contributed by atoms with Gasteiger partial charge >= 0.3 is 6.18 Å². The summed E-state index contributed by atoms with van der Waals surface area (Å²) in [5, 5.41) is 10.3. The topological polar surface area (TPSA) is 43.1 Å². The van der Waals surface area contributed by atoms with Gasteiger partial charge in [-0.2, -0.15) is 13.2 Å². The van der Waals surface area contributed by atoms with E-state index in [1.54, 1.807) is 0 Å². The van der Waals surface area contributed by atoms with E-state index in [1.807, 2.05) is 0 Å². The number of alkyl halides is 3. The minimum atomic E-state index is -4.19. The zero-order valence-corrected chi connectivity index (χ0v) is 7.62. The molecule has 0 aliphatic rings. The molecule has 3 nitrogen and oxygen atoms in total. The van der Waals surface area contributed by atoms with E-state index >= 15 is 0 Å². The van der Waals surface area contributed by atoms with E-state index < -0.39 is 17.5 Å². The van der Waals surface area contributed by atoms with Gasteiger partial charge in [0.05, 0.1) is 4.92 Å². The molecular weight excluding hydrogens is 211 g/mol. The van der Waals surface area contributed by atoms with Crippen LogP contribution >= 0.6 is 0 Å². The lowest BCUT2D eigenvalue weighted by Crippen LogP contribution is -2.08. The van der Waals surface area contributed by atoms with Crippen LogP contribution in [0.25, 0.3) is 0 Å². The number of benzene rings is 1. The lowest BCUT2D eigenvalue weighted by Gasteiger charge is -2.05. The summed E-state index contributed by atoms with van der Waals surface area (Å²) in [5.41, 5.74) is 0.323. The molecule has 0 atom stereocenters. The second-order valence-electron chi connectivity index (χ2n) is 3.04. The van der Waals surface area contributed by atoms with Crippen LogP contribution in [0.2, 0.25) is 0 Å². The average Bonchev–Trinajstić information content (AvgIpc) is 2.14. The molecule has 0 heterocycles. The van der Waals surface area contributed by atoms with E-state index in [4.69, 9.17) is 0 Å². The zero-order valence-electron chi connectivity index (χ0n) is 7.62. The molecule has 0 aromatic heterocycles. The van der Waals surface area contributed by atoms with Gasteiger partial charge in [0.15, 0.2) is 0 Å². The number of rotatable bonds is 3. The van der Waals surface area contributed by atoms with Gasteiger partial charge in [-0.25, -0.2) is 0 Å². The Morgan fingerprint density at radius 3 is 2.13 bits per heavy atom. The number of halogens is 3. The SMILES string of the molecule is O=[N+]([O-])c1ccc(CCC(F)(F)F)cc1. The summed E-state index contributed by atoms with van der Waals surface area (Å²) in [7, 11) is 0. The molecule has 0 radical (unpaired) electrons. The Kier molecular flexibility index (Phi) is 3.28. The highest BCUT2D eigenvalue weighted by molar-refractivity contribution is 5.32. The molecule has 6 heteroatoms. The van der Waals surface area contributed by atoms with Gasteiger partial charge in [-0.15, -0.1) is 0 Å². The number of hydrogen-bond donors (Lipinski definition) is 0. The molecule has 0 unspecified atom stereocenters. The van der Waals surface area contributed by atoms with Crippen LogP contribution in [-0.4, -0.2) is 11.1 Å². The molecule has 0 saturated carbocycles. The van der Waals surface area contributed by atoms with Crippen molar-refractivity contribution in [2.45, 2.75) is 19.0 Å². The maximum absolute atomic E-state index is 11.8. The quantitative estimate of drug-likeness (QED) is 0.579. The fourth-order valence-corrected chi connectivity index (χ4v) is 1.07. The van der Waals surface area contributed by atoms with Crippen molar-refractivity contribution in [1.82, 2.24) is 0 Å². The smallest absolute Gasteiger partial charge is 0.258 e. The molecular formula is C9H8F3NO2. The van der Waals surface area contributed by atoms with E-state index in [0.717, 1.165) is 0 Å². The molecule has 15 heavy (non-hydrogen) atoms. The van der Waals surface area contributed by atoms with Crippen molar-refractivity contribution in [2.24, 2.45) is 0 Å². The van der Waals surface area contributed by atoms with Crippen molar-refractivity contribution < 1.29 is 18.1 Å². The van der Waals surface area contributed by atoms with Crippen LogP contribution in [0, 0.1) is 10.1 Å². The minimum absolute atomic E-state index is 0.120. The minimum Gasteiger partial charge on any atom is -0.258 e. The first-order valence-corrected chi connectivity index (χ1v) is 4.18. The highest BCUT2D eigenvalue weighted by Crippen LogP contribution is 2.22. The van der Waals surface area contributed by atoms with E-state index in [-0.39, 0.29) is 12.1 Å².